The van der Waals surface area contributed by atoms with E-state index in [2.05, 4.69) is 90.5 Å². The van der Waals surface area contributed by atoms with Gasteiger partial charge in [-0.1, -0.05) is 48.2 Å². The Balaban J connectivity index is 1.68. The monoisotopic (exact) mass is 320 g/mol. The maximum absolute atomic E-state index is 2.40. The highest BCUT2D eigenvalue weighted by atomic mass is 32.2. The summed E-state index contributed by atoms with van der Waals surface area (Å²) in [6.45, 7) is 3.19. The fourth-order valence-corrected chi connectivity index (χ4v) is 4.49. The van der Waals surface area contributed by atoms with E-state index < -0.39 is 0 Å². The second-order valence-corrected chi connectivity index (χ2v) is 6.97. The summed E-state index contributed by atoms with van der Waals surface area (Å²) in [4.78, 5) is 6.11. The van der Waals surface area contributed by atoms with Crippen LogP contribution in [0.5, 0.6) is 0 Å². The average Bonchev–Trinajstić information content (AvgIpc) is 2.91. The van der Waals surface area contributed by atoms with Crippen molar-refractivity contribution in [1.82, 2.24) is 0 Å². The van der Waals surface area contributed by atoms with Crippen LogP contribution in [0.25, 0.3) is 6.08 Å². The summed E-state index contributed by atoms with van der Waals surface area (Å²) < 4.78 is 0. The molecule has 2 aromatic carbocycles. The van der Waals surface area contributed by atoms with Crippen LogP contribution in [-0.2, 0) is 0 Å². The molecule has 0 bridgehead atoms. The Bertz CT molecular complexity index is 794. The third kappa shape index (κ3) is 2.45. The molecule has 0 saturated heterocycles. The van der Waals surface area contributed by atoms with Crippen LogP contribution in [0.15, 0.2) is 71.3 Å². The highest BCUT2D eigenvalue weighted by molar-refractivity contribution is 8.00. The molecule has 2 aromatic rings. The van der Waals surface area contributed by atoms with E-state index in [1.807, 2.05) is 11.8 Å². The lowest BCUT2D eigenvalue weighted by Crippen LogP contribution is -2.28. The van der Waals surface area contributed by atoms with Crippen molar-refractivity contribution in [1.29, 1.82) is 0 Å². The van der Waals surface area contributed by atoms with Crippen LogP contribution >= 0.6 is 11.8 Å². The van der Waals surface area contributed by atoms with Crippen LogP contribution in [0.1, 0.15) is 12.5 Å². The molecule has 0 aliphatic carbocycles. The summed E-state index contributed by atoms with van der Waals surface area (Å²) in [5.74, 6) is 0. The molecule has 2 heterocycles. The first-order chi connectivity index (χ1) is 11.3. The molecule has 2 aliphatic heterocycles. The summed E-state index contributed by atoms with van der Waals surface area (Å²) in [6, 6.07) is 17.2. The molecule has 4 rings (SSSR count). The first-order valence-corrected chi connectivity index (χ1v) is 8.91. The number of nitrogens with zero attached hydrogens (tertiary/aromatic N) is 2. The largest absolute Gasteiger partial charge is 0.358 e. The number of thioether (sulfide) groups is 1. The minimum Gasteiger partial charge on any atom is -0.358 e. The average molecular weight is 320 g/mol. The number of hydrogen-bond acceptors (Lipinski definition) is 3. The Morgan fingerprint density at radius 1 is 1.00 bits per heavy atom. The van der Waals surface area contributed by atoms with Crippen molar-refractivity contribution in [2.45, 2.75) is 17.2 Å². The summed E-state index contributed by atoms with van der Waals surface area (Å²) in [5, 5.41) is 0.339. The molecule has 23 heavy (non-hydrogen) atoms. The maximum Gasteiger partial charge on any atom is 0.100 e. The minimum atomic E-state index is 0.339. The van der Waals surface area contributed by atoms with E-state index >= 15 is 0 Å². The molecule has 3 heteroatoms. The zero-order valence-electron chi connectivity index (χ0n) is 13.4. The minimum absolute atomic E-state index is 0.339. The van der Waals surface area contributed by atoms with Crippen molar-refractivity contribution in [3.63, 3.8) is 0 Å². The molecular weight excluding hydrogens is 300 g/mol. The number of benzene rings is 2. The molecule has 0 spiro atoms. The number of anilines is 2. The van der Waals surface area contributed by atoms with E-state index in [0.717, 1.165) is 6.54 Å². The molecule has 0 fully saturated rings. The van der Waals surface area contributed by atoms with Crippen molar-refractivity contribution >= 4 is 29.2 Å². The Morgan fingerprint density at radius 3 is 2.52 bits per heavy atom. The molecule has 116 valence electrons. The van der Waals surface area contributed by atoms with Crippen molar-refractivity contribution in [2.24, 2.45) is 0 Å². The molecule has 2 nitrogen and oxygen atoms in total. The van der Waals surface area contributed by atoms with Crippen LogP contribution in [0, 0.1) is 0 Å². The van der Waals surface area contributed by atoms with E-state index in [1.54, 1.807) is 0 Å². The lowest BCUT2D eigenvalue weighted by molar-refractivity contribution is 0.934. The van der Waals surface area contributed by atoms with Crippen molar-refractivity contribution in [3.8, 4) is 0 Å². The number of hydrogen-bond donors (Lipinski definition) is 0. The molecular formula is C20H20N2S. The number of allylic oxidation sites excluding steroid dienone is 1. The van der Waals surface area contributed by atoms with Crippen LogP contribution < -0.4 is 9.80 Å². The van der Waals surface area contributed by atoms with Crippen molar-refractivity contribution < 1.29 is 0 Å². The van der Waals surface area contributed by atoms with Gasteiger partial charge < -0.3 is 9.80 Å². The number of rotatable bonds is 2. The molecule has 0 saturated carbocycles. The second-order valence-electron chi connectivity index (χ2n) is 5.81. The zero-order valence-corrected chi connectivity index (χ0v) is 14.3. The van der Waals surface area contributed by atoms with E-state index in [-0.39, 0.29) is 0 Å². The first-order valence-electron chi connectivity index (χ1n) is 8.03. The first kappa shape index (κ1) is 14.5. The van der Waals surface area contributed by atoms with Crippen LogP contribution in [-0.4, -0.2) is 19.0 Å². The third-order valence-corrected chi connectivity index (χ3v) is 5.77. The number of para-hydroxylation sites is 2. The van der Waals surface area contributed by atoms with Gasteiger partial charge >= 0.3 is 0 Å². The van der Waals surface area contributed by atoms with Gasteiger partial charge in [-0.05, 0) is 42.8 Å². The fourth-order valence-electron chi connectivity index (χ4n) is 3.26. The Morgan fingerprint density at radius 2 is 1.74 bits per heavy atom. The van der Waals surface area contributed by atoms with Gasteiger partial charge in [-0.3, -0.25) is 0 Å². The quantitative estimate of drug-likeness (QED) is 0.769. The normalized spacial score (nSPS) is 20.8. The molecule has 0 amide bonds. The van der Waals surface area contributed by atoms with Gasteiger partial charge in [0.05, 0.1) is 5.69 Å². The summed E-state index contributed by atoms with van der Waals surface area (Å²) in [5.41, 5.74) is 5.19. The second kappa shape index (κ2) is 5.82. The number of likely N-dealkylation sites (N-methyl/N-ethyl adjacent to an activating group) is 2. The summed E-state index contributed by atoms with van der Waals surface area (Å²) in [7, 11) is 2.18. The molecule has 1 atom stereocenters. The van der Waals surface area contributed by atoms with E-state index in [9.17, 15) is 0 Å². The van der Waals surface area contributed by atoms with Crippen LogP contribution in [0.3, 0.4) is 0 Å². The van der Waals surface area contributed by atoms with Crippen LogP contribution in [0.2, 0.25) is 0 Å². The lowest BCUT2D eigenvalue weighted by Gasteiger charge is -2.30. The molecule has 1 unspecified atom stereocenters. The van der Waals surface area contributed by atoms with Gasteiger partial charge in [0, 0.05) is 29.9 Å². The highest BCUT2D eigenvalue weighted by Gasteiger charge is 2.26. The van der Waals surface area contributed by atoms with E-state index in [4.69, 9.17) is 0 Å². The number of fused-ring (bicyclic) bond motifs is 2. The molecule has 0 N–H and O–H groups in total. The van der Waals surface area contributed by atoms with Gasteiger partial charge in [0.15, 0.2) is 0 Å². The van der Waals surface area contributed by atoms with E-state index in [1.165, 1.54) is 27.5 Å². The standard InChI is InChI=1S/C20H20N2S/c1-3-22-16(13-12-15-8-4-5-9-17(15)22)14-20-21(2)18-10-6-7-11-19(18)23-20/h4-14,20H,3H2,1-2H3/b16-14-. The summed E-state index contributed by atoms with van der Waals surface area (Å²) >= 11 is 1.92. The topological polar surface area (TPSA) is 6.48 Å². The smallest absolute Gasteiger partial charge is 0.100 e. The van der Waals surface area contributed by atoms with Gasteiger partial charge in [0.2, 0.25) is 0 Å². The summed E-state index contributed by atoms with van der Waals surface area (Å²) in [6.07, 6.45) is 6.84. The van der Waals surface area contributed by atoms with Crippen molar-refractivity contribution in [2.75, 3.05) is 23.4 Å². The fraction of sp³-hybridized carbons (Fsp3) is 0.200. The SMILES string of the molecule is CCN1/C(=C\C2Sc3ccccc3N2C)C=Cc2ccccc21. The molecule has 0 radical (unpaired) electrons. The Hall–Kier alpha value is -2.13. The zero-order chi connectivity index (χ0) is 15.8. The molecule has 2 aliphatic rings. The van der Waals surface area contributed by atoms with Crippen LogP contribution in [0.4, 0.5) is 11.4 Å². The molecule has 0 aromatic heterocycles. The van der Waals surface area contributed by atoms with Gasteiger partial charge in [0.25, 0.3) is 0 Å². The van der Waals surface area contributed by atoms with Gasteiger partial charge in [-0.25, -0.2) is 0 Å². The predicted molar refractivity (Wildman–Crippen MR) is 101 cm³/mol. The highest BCUT2D eigenvalue weighted by Crippen LogP contribution is 2.43. The van der Waals surface area contributed by atoms with Gasteiger partial charge in [-0.15, -0.1) is 0 Å². The Labute approximate surface area is 142 Å². The lowest BCUT2D eigenvalue weighted by atomic mass is 10.1. The third-order valence-electron chi connectivity index (χ3n) is 4.48. The predicted octanol–water partition coefficient (Wildman–Crippen LogP) is 4.99. The van der Waals surface area contributed by atoms with Gasteiger partial charge in [-0.2, -0.15) is 0 Å². The van der Waals surface area contributed by atoms with E-state index in [0.29, 0.717) is 5.37 Å². The van der Waals surface area contributed by atoms with Gasteiger partial charge in [0.1, 0.15) is 5.37 Å². The Kier molecular flexibility index (Phi) is 3.66. The maximum atomic E-state index is 2.40. The van der Waals surface area contributed by atoms with Crippen molar-refractivity contribution in [3.05, 3.63) is 71.9 Å².